The van der Waals surface area contributed by atoms with E-state index in [0.29, 0.717) is 15.9 Å². The van der Waals surface area contributed by atoms with E-state index in [9.17, 15) is 9.59 Å². The van der Waals surface area contributed by atoms with Gasteiger partial charge in [0.25, 0.3) is 5.56 Å². The molecule has 2 aromatic heterocycles. The summed E-state index contributed by atoms with van der Waals surface area (Å²) in [6, 6.07) is 9.01. The molecule has 0 spiro atoms. The van der Waals surface area contributed by atoms with Crippen molar-refractivity contribution in [3.8, 4) is 5.69 Å². The molecule has 4 nitrogen and oxygen atoms in total. The maximum Gasteiger partial charge on any atom is 0.334 e. The molecule has 1 aromatic carbocycles. The smallest absolute Gasteiger partial charge is 0.298 e. The molecule has 18 heavy (non-hydrogen) atoms. The lowest BCUT2D eigenvalue weighted by Crippen LogP contribution is -2.33. The number of nitrogens with zero attached hydrogens (tertiary/aromatic N) is 1. The molecule has 0 fully saturated rings. The second-order valence-corrected chi connectivity index (χ2v) is 4.99. The number of aryl methyl sites for hydroxylation is 1. The van der Waals surface area contributed by atoms with Crippen molar-refractivity contribution in [1.82, 2.24) is 9.55 Å². The molecule has 5 heteroatoms. The Labute approximate surface area is 106 Å². The summed E-state index contributed by atoms with van der Waals surface area (Å²) >= 11 is 1.35. The molecule has 0 radical (unpaired) electrons. The Kier molecular flexibility index (Phi) is 2.41. The summed E-state index contributed by atoms with van der Waals surface area (Å²) in [7, 11) is 0. The lowest BCUT2D eigenvalue weighted by atomic mass is 10.2. The van der Waals surface area contributed by atoms with E-state index >= 15 is 0 Å². The molecule has 0 amide bonds. The molecule has 2 heterocycles. The maximum absolute atomic E-state index is 12.2. The van der Waals surface area contributed by atoms with E-state index in [1.54, 1.807) is 23.6 Å². The van der Waals surface area contributed by atoms with E-state index in [-0.39, 0.29) is 5.56 Å². The third-order valence-corrected chi connectivity index (χ3v) is 3.64. The van der Waals surface area contributed by atoms with Crippen LogP contribution in [0.25, 0.3) is 15.9 Å². The summed E-state index contributed by atoms with van der Waals surface area (Å²) in [5.41, 5.74) is 0.984. The van der Waals surface area contributed by atoms with E-state index in [0.717, 1.165) is 10.1 Å². The highest BCUT2D eigenvalue weighted by Crippen LogP contribution is 2.13. The fourth-order valence-corrected chi connectivity index (χ4v) is 2.64. The molecular formula is C13H10N2O2S. The summed E-state index contributed by atoms with van der Waals surface area (Å²) in [6.07, 6.45) is 0. The van der Waals surface area contributed by atoms with E-state index in [1.165, 1.54) is 11.3 Å². The number of hydrogen-bond donors (Lipinski definition) is 1. The Morgan fingerprint density at radius 3 is 2.56 bits per heavy atom. The lowest BCUT2D eigenvalue weighted by molar-refractivity contribution is 0.904. The molecule has 90 valence electrons. The number of benzene rings is 1. The Balaban J connectivity index is 2.38. The van der Waals surface area contributed by atoms with Crippen molar-refractivity contribution in [3.63, 3.8) is 0 Å². The van der Waals surface area contributed by atoms with Crippen molar-refractivity contribution in [3.05, 3.63) is 62.1 Å². The van der Waals surface area contributed by atoms with Crippen LogP contribution in [-0.2, 0) is 0 Å². The SMILES string of the molecule is Cc1ccc(-n2c(=O)[nH]c3sccc3c2=O)cc1. The summed E-state index contributed by atoms with van der Waals surface area (Å²) in [5.74, 6) is 0. The highest BCUT2D eigenvalue weighted by atomic mass is 32.1. The van der Waals surface area contributed by atoms with Crippen LogP contribution in [0.2, 0.25) is 0 Å². The Bertz CT molecular complexity index is 825. The first kappa shape index (κ1) is 11.0. The number of rotatable bonds is 1. The first-order valence-corrected chi connectivity index (χ1v) is 6.34. The third kappa shape index (κ3) is 1.60. The van der Waals surface area contributed by atoms with Gasteiger partial charge < -0.3 is 0 Å². The fourth-order valence-electron chi connectivity index (χ4n) is 1.87. The predicted octanol–water partition coefficient (Wildman–Crippen LogP) is 2.05. The van der Waals surface area contributed by atoms with Crippen LogP contribution in [0.4, 0.5) is 0 Å². The third-order valence-electron chi connectivity index (χ3n) is 2.81. The molecule has 0 saturated heterocycles. The standard InChI is InChI=1S/C13H10N2O2S/c1-8-2-4-9(5-3-8)15-12(16)10-6-7-18-11(10)14-13(15)17/h2-7H,1H3,(H,14,17). The predicted molar refractivity (Wildman–Crippen MR) is 72.8 cm³/mol. The number of H-pyrrole nitrogens is 1. The monoisotopic (exact) mass is 258 g/mol. The van der Waals surface area contributed by atoms with Gasteiger partial charge in [-0.3, -0.25) is 9.78 Å². The molecule has 0 unspecified atom stereocenters. The van der Waals surface area contributed by atoms with Gasteiger partial charge in [-0.2, -0.15) is 0 Å². The van der Waals surface area contributed by atoms with E-state index in [1.807, 2.05) is 19.1 Å². The van der Waals surface area contributed by atoms with Crippen LogP contribution in [0, 0.1) is 6.92 Å². The van der Waals surface area contributed by atoms with Crippen LogP contribution in [-0.4, -0.2) is 9.55 Å². The number of hydrogen-bond acceptors (Lipinski definition) is 3. The number of thiophene rings is 1. The van der Waals surface area contributed by atoms with Gasteiger partial charge in [0.15, 0.2) is 0 Å². The molecular weight excluding hydrogens is 248 g/mol. The average molecular weight is 258 g/mol. The van der Waals surface area contributed by atoms with Crippen molar-refractivity contribution in [2.45, 2.75) is 6.92 Å². The first-order chi connectivity index (χ1) is 8.66. The number of fused-ring (bicyclic) bond motifs is 1. The van der Waals surface area contributed by atoms with Crippen LogP contribution < -0.4 is 11.2 Å². The molecule has 0 saturated carbocycles. The quantitative estimate of drug-likeness (QED) is 0.726. The van der Waals surface area contributed by atoms with Crippen molar-refractivity contribution in [2.75, 3.05) is 0 Å². The van der Waals surface area contributed by atoms with Gasteiger partial charge in [-0.15, -0.1) is 11.3 Å². The van der Waals surface area contributed by atoms with Crippen LogP contribution in [0.3, 0.4) is 0 Å². The maximum atomic E-state index is 12.2. The van der Waals surface area contributed by atoms with Gasteiger partial charge in [0.05, 0.1) is 11.1 Å². The first-order valence-electron chi connectivity index (χ1n) is 5.46. The molecule has 3 rings (SSSR count). The zero-order valence-electron chi connectivity index (χ0n) is 9.64. The zero-order chi connectivity index (χ0) is 12.7. The summed E-state index contributed by atoms with van der Waals surface area (Å²) < 4.78 is 1.16. The Hall–Kier alpha value is -2.14. The lowest BCUT2D eigenvalue weighted by Gasteiger charge is -2.04. The number of aromatic amines is 1. The van der Waals surface area contributed by atoms with Crippen LogP contribution in [0.15, 0.2) is 45.3 Å². The highest BCUT2D eigenvalue weighted by molar-refractivity contribution is 7.16. The van der Waals surface area contributed by atoms with Crippen molar-refractivity contribution in [1.29, 1.82) is 0 Å². The van der Waals surface area contributed by atoms with Gasteiger partial charge in [-0.1, -0.05) is 17.7 Å². The van der Waals surface area contributed by atoms with Crippen LogP contribution in [0.5, 0.6) is 0 Å². The van der Waals surface area contributed by atoms with E-state index in [2.05, 4.69) is 4.98 Å². The largest absolute Gasteiger partial charge is 0.334 e. The second kappa shape index (κ2) is 3.96. The second-order valence-electron chi connectivity index (χ2n) is 4.07. The van der Waals surface area contributed by atoms with E-state index in [4.69, 9.17) is 0 Å². The molecule has 0 aliphatic carbocycles. The van der Waals surface area contributed by atoms with Gasteiger partial charge in [0, 0.05) is 0 Å². The Morgan fingerprint density at radius 2 is 1.83 bits per heavy atom. The number of nitrogens with one attached hydrogen (secondary N) is 1. The zero-order valence-corrected chi connectivity index (χ0v) is 10.5. The molecule has 0 atom stereocenters. The topological polar surface area (TPSA) is 54.9 Å². The van der Waals surface area contributed by atoms with Gasteiger partial charge in [-0.05, 0) is 30.5 Å². The molecule has 0 aliphatic rings. The van der Waals surface area contributed by atoms with Crippen molar-refractivity contribution in [2.24, 2.45) is 0 Å². The average Bonchev–Trinajstić information content (AvgIpc) is 2.80. The van der Waals surface area contributed by atoms with E-state index < -0.39 is 5.69 Å². The molecule has 1 N–H and O–H groups in total. The Morgan fingerprint density at radius 1 is 1.11 bits per heavy atom. The molecule has 0 aliphatic heterocycles. The van der Waals surface area contributed by atoms with Gasteiger partial charge in [-0.25, -0.2) is 9.36 Å². The fraction of sp³-hybridized carbons (Fsp3) is 0.0769. The summed E-state index contributed by atoms with van der Waals surface area (Å²) in [6.45, 7) is 1.96. The molecule has 3 aromatic rings. The summed E-state index contributed by atoms with van der Waals surface area (Å²) in [5, 5.41) is 2.33. The molecule has 0 bridgehead atoms. The van der Waals surface area contributed by atoms with Gasteiger partial charge in [0.1, 0.15) is 4.83 Å². The van der Waals surface area contributed by atoms with Crippen LogP contribution in [0.1, 0.15) is 5.56 Å². The minimum Gasteiger partial charge on any atom is -0.298 e. The normalized spacial score (nSPS) is 10.9. The van der Waals surface area contributed by atoms with Gasteiger partial charge in [0.2, 0.25) is 0 Å². The van der Waals surface area contributed by atoms with Gasteiger partial charge >= 0.3 is 5.69 Å². The number of aromatic nitrogens is 2. The summed E-state index contributed by atoms with van der Waals surface area (Å²) in [4.78, 5) is 27.5. The van der Waals surface area contributed by atoms with Crippen molar-refractivity contribution < 1.29 is 0 Å². The minimum absolute atomic E-state index is 0.279. The highest BCUT2D eigenvalue weighted by Gasteiger charge is 2.09. The van der Waals surface area contributed by atoms with Crippen molar-refractivity contribution >= 4 is 21.6 Å². The van der Waals surface area contributed by atoms with Crippen LogP contribution >= 0.6 is 11.3 Å². The minimum atomic E-state index is -0.404.